The van der Waals surface area contributed by atoms with E-state index >= 15 is 0 Å². The maximum Gasteiger partial charge on any atom is 0.293 e. The largest absolute Gasteiger partial charge is 0.392 e. The number of alkyl halides is 2. The van der Waals surface area contributed by atoms with E-state index in [1.807, 2.05) is 18.2 Å². The van der Waals surface area contributed by atoms with Gasteiger partial charge in [0, 0.05) is 99.6 Å². The molecule has 2 fully saturated rings. The van der Waals surface area contributed by atoms with Gasteiger partial charge >= 0.3 is 0 Å². The van der Waals surface area contributed by atoms with E-state index in [4.69, 9.17) is 4.98 Å². The number of aliphatic hydroxyl groups is 1. The van der Waals surface area contributed by atoms with Crippen LogP contribution in [0.4, 0.5) is 37.5 Å². The Labute approximate surface area is 336 Å². The second-order valence-corrected chi connectivity index (χ2v) is 17.0. The monoisotopic (exact) mass is 795 g/mol. The third-order valence-corrected chi connectivity index (χ3v) is 12.3. The Kier molecular flexibility index (Phi) is 10.2. The number of pyridine rings is 1. The molecule has 8 rings (SSSR count). The molecular formula is C43H51F2N9O4. The second kappa shape index (κ2) is 15.1. The van der Waals surface area contributed by atoms with Crippen molar-refractivity contribution in [3.05, 3.63) is 88.2 Å². The number of rotatable bonds is 9. The van der Waals surface area contributed by atoms with Crippen LogP contribution in [0.5, 0.6) is 0 Å². The van der Waals surface area contributed by atoms with Gasteiger partial charge in [0.1, 0.15) is 11.5 Å². The van der Waals surface area contributed by atoms with E-state index < -0.39 is 24.0 Å². The van der Waals surface area contributed by atoms with E-state index in [-0.39, 0.29) is 42.1 Å². The number of nitrogens with one attached hydrogen (secondary N) is 2. The highest BCUT2D eigenvalue weighted by atomic mass is 19.3. The van der Waals surface area contributed by atoms with Crippen LogP contribution in [0.1, 0.15) is 73.8 Å². The number of nitrogens with zero attached hydrogens (tertiary/aromatic N) is 7. The van der Waals surface area contributed by atoms with Crippen molar-refractivity contribution in [1.29, 1.82) is 0 Å². The van der Waals surface area contributed by atoms with E-state index in [0.29, 0.717) is 85.3 Å². The van der Waals surface area contributed by atoms with Crippen LogP contribution in [0.2, 0.25) is 0 Å². The Morgan fingerprint density at radius 1 is 1.07 bits per heavy atom. The van der Waals surface area contributed by atoms with Crippen molar-refractivity contribution < 1.29 is 23.5 Å². The van der Waals surface area contributed by atoms with Crippen molar-refractivity contribution in [3.63, 3.8) is 0 Å². The minimum absolute atomic E-state index is 0.0142. The van der Waals surface area contributed by atoms with Crippen LogP contribution in [0.15, 0.2) is 60.2 Å². The molecule has 2 amide bonds. The summed E-state index contributed by atoms with van der Waals surface area (Å²) in [5.74, 6) is -2.80. The van der Waals surface area contributed by atoms with Crippen molar-refractivity contribution in [2.45, 2.75) is 90.5 Å². The first-order valence-corrected chi connectivity index (χ1v) is 20.1. The Morgan fingerprint density at radius 2 is 1.84 bits per heavy atom. The molecule has 1 saturated heterocycles. The topological polar surface area (TPSA) is 141 Å². The molecule has 4 aromatic rings. The summed E-state index contributed by atoms with van der Waals surface area (Å²) < 4.78 is 31.3. The van der Waals surface area contributed by atoms with Crippen molar-refractivity contribution >= 4 is 40.5 Å². The number of halogens is 2. The number of aryl methyl sites for hydroxylation is 1. The number of hydrogen-bond acceptors (Lipinski definition) is 9. The number of aliphatic hydroxyl groups excluding tert-OH is 1. The van der Waals surface area contributed by atoms with Crippen LogP contribution in [0.25, 0.3) is 11.3 Å². The van der Waals surface area contributed by atoms with Gasteiger partial charge in [0.15, 0.2) is 5.82 Å². The van der Waals surface area contributed by atoms with E-state index in [0.717, 1.165) is 18.5 Å². The van der Waals surface area contributed by atoms with Gasteiger partial charge in [0.2, 0.25) is 11.8 Å². The molecule has 13 nitrogen and oxygen atoms in total. The highest BCUT2D eigenvalue weighted by Crippen LogP contribution is 2.41. The quantitative estimate of drug-likeness (QED) is 0.177. The maximum atomic E-state index is 14.0. The lowest BCUT2D eigenvalue weighted by Gasteiger charge is -2.46. The third-order valence-electron chi connectivity index (χ3n) is 12.3. The van der Waals surface area contributed by atoms with Gasteiger partial charge in [-0.15, -0.1) is 0 Å². The molecule has 3 aromatic heterocycles. The molecule has 0 unspecified atom stereocenters. The van der Waals surface area contributed by atoms with Gasteiger partial charge in [-0.1, -0.05) is 20.4 Å². The fraction of sp³-hybridized carbons (Fsp3) is 0.465. The average molecular weight is 796 g/mol. The fourth-order valence-electron chi connectivity index (χ4n) is 9.39. The first kappa shape index (κ1) is 39.4. The first-order valence-electron chi connectivity index (χ1n) is 20.1. The molecule has 1 saturated carbocycles. The molecule has 0 bridgehead atoms. The number of carbonyl (C=O) groups is 2. The second-order valence-electron chi connectivity index (χ2n) is 17.0. The summed E-state index contributed by atoms with van der Waals surface area (Å²) in [6, 6.07) is 9.30. The van der Waals surface area contributed by atoms with Gasteiger partial charge < -0.3 is 29.8 Å². The van der Waals surface area contributed by atoms with Gasteiger partial charge in [-0.25, -0.2) is 18.7 Å². The normalized spacial score (nSPS) is 20.5. The Morgan fingerprint density at radius 3 is 2.57 bits per heavy atom. The fourth-order valence-corrected chi connectivity index (χ4v) is 9.39. The number of fused-ring (bicyclic) bond motifs is 3. The van der Waals surface area contributed by atoms with Gasteiger partial charge in [-0.2, -0.15) is 0 Å². The predicted molar refractivity (Wildman–Crippen MR) is 220 cm³/mol. The number of amides is 2. The maximum absolute atomic E-state index is 14.0. The zero-order valence-corrected chi connectivity index (χ0v) is 33.5. The molecule has 2 aliphatic heterocycles. The molecule has 4 aliphatic rings. The number of aromatic nitrogens is 4. The van der Waals surface area contributed by atoms with Crippen molar-refractivity contribution in [2.75, 3.05) is 46.6 Å². The third kappa shape index (κ3) is 7.41. The minimum Gasteiger partial charge on any atom is -0.392 e. The number of piperazine rings is 1. The van der Waals surface area contributed by atoms with Gasteiger partial charge in [0.25, 0.3) is 11.5 Å². The molecule has 0 radical (unpaired) electrons. The smallest absolute Gasteiger partial charge is 0.293 e. The Hall–Kier alpha value is -5.41. The summed E-state index contributed by atoms with van der Waals surface area (Å²) in [4.78, 5) is 55.6. The summed E-state index contributed by atoms with van der Waals surface area (Å²) in [5.41, 5.74) is 5.91. The van der Waals surface area contributed by atoms with Gasteiger partial charge in [-0.05, 0) is 80.0 Å². The molecule has 1 aromatic carbocycles. The van der Waals surface area contributed by atoms with E-state index in [1.165, 1.54) is 21.9 Å². The molecule has 3 N–H and O–H groups in total. The van der Waals surface area contributed by atoms with Gasteiger partial charge in [-0.3, -0.25) is 24.2 Å². The summed E-state index contributed by atoms with van der Waals surface area (Å²) in [7, 11) is 1.61. The molecule has 306 valence electrons. The zero-order valence-electron chi connectivity index (χ0n) is 33.5. The summed E-state index contributed by atoms with van der Waals surface area (Å²) in [5, 5.41) is 16.8. The van der Waals surface area contributed by atoms with Crippen molar-refractivity contribution in [1.82, 2.24) is 24.0 Å². The summed E-state index contributed by atoms with van der Waals surface area (Å²) in [6.45, 7) is 12.8. The summed E-state index contributed by atoms with van der Waals surface area (Å²) >= 11 is 0. The molecule has 15 heteroatoms. The lowest BCUT2D eigenvalue weighted by Crippen LogP contribution is -2.56. The molecule has 0 spiro atoms. The Bertz CT molecular complexity index is 2340. The minimum atomic E-state index is -2.58. The van der Waals surface area contributed by atoms with Crippen LogP contribution < -0.4 is 26.0 Å². The van der Waals surface area contributed by atoms with Crippen molar-refractivity contribution in [3.8, 4) is 11.3 Å². The Balaban J connectivity index is 1.05. The van der Waals surface area contributed by atoms with Crippen LogP contribution in [0.3, 0.4) is 0 Å². The molecule has 5 heterocycles. The van der Waals surface area contributed by atoms with Crippen LogP contribution in [-0.2, 0) is 37.8 Å². The van der Waals surface area contributed by atoms with Crippen LogP contribution in [-0.4, -0.2) is 85.1 Å². The van der Waals surface area contributed by atoms with Gasteiger partial charge in [0.05, 0.1) is 23.7 Å². The van der Waals surface area contributed by atoms with Crippen LogP contribution >= 0.6 is 0 Å². The van der Waals surface area contributed by atoms with E-state index in [1.54, 1.807) is 36.5 Å². The molecule has 1 atom stereocenters. The predicted octanol–water partition coefficient (Wildman–Crippen LogP) is 5.88. The van der Waals surface area contributed by atoms with Crippen LogP contribution in [0, 0.1) is 5.41 Å². The first-order chi connectivity index (χ1) is 27.6. The van der Waals surface area contributed by atoms with Crippen molar-refractivity contribution in [2.24, 2.45) is 12.5 Å². The lowest BCUT2D eigenvalue weighted by atomic mass is 9.90. The number of benzene rings is 1. The number of carbonyl (C=O) groups excluding carboxylic acids is 2. The number of hydrogen-bond donors (Lipinski definition) is 3. The molecule has 2 aliphatic carbocycles. The highest BCUT2D eigenvalue weighted by Gasteiger charge is 2.40. The molecule has 58 heavy (non-hydrogen) atoms. The lowest BCUT2D eigenvalue weighted by molar-refractivity contribution is -0.111. The van der Waals surface area contributed by atoms with E-state index in [2.05, 4.69) is 57.3 Å². The highest BCUT2D eigenvalue weighted by molar-refractivity contribution is 6.06. The SMILES string of the molecule is C=CC(=O)Nc1cc(Nc2nc(-c3ccnc(N4CCn5c(cc6c5CC(C)(C)C6)C4=O)c3CO)cn(C)c2=O)ccc1N1CCN(C2CCC(F)(F)CC2)C[C@@H]1C. The molecular weight excluding hydrogens is 745 g/mol. The number of anilines is 5. The average Bonchev–Trinajstić information content (AvgIpc) is 3.68. The van der Waals surface area contributed by atoms with E-state index in [9.17, 15) is 28.3 Å². The zero-order chi connectivity index (χ0) is 41.1. The summed E-state index contributed by atoms with van der Waals surface area (Å²) in [6.07, 6.45) is 6.98. The standard InChI is InChI=1S/C43H51F2N9O4/c1-6-37(56)48-32-20-28(7-8-34(32)52-16-15-51(23-26(52)2)29-9-12-43(44,45)13-10-29)47-38-41(58)50(5)24-33(49-38)30-11-14-46-39(31(30)25-55)54-18-17-53-35(40(54)57)19-27-21-42(3,4)22-36(27)53/h6-8,11,14,19-20,24,26,29,55H,1,9-10,12-13,15-18,21-23,25H2,2-5H3,(H,47,49)(H,48,56)/t26-/m0/s1.